The molecule has 1 aromatic heterocycles. The van der Waals surface area contributed by atoms with Gasteiger partial charge in [-0.3, -0.25) is 4.79 Å². The molecule has 0 atom stereocenters. The molecule has 32 heavy (non-hydrogen) atoms. The van der Waals surface area contributed by atoms with Gasteiger partial charge in [-0.05, 0) is 62.7 Å². The number of hydrogen-bond acceptors (Lipinski definition) is 4. The second-order valence-corrected chi connectivity index (χ2v) is 9.73. The summed E-state index contributed by atoms with van der Waals surface area (Å²) >= 11 is 7.64. The van der Waals surface area contributed by atoms with Crippen LogP contribution in [-0.2, 0) is 0 Å². The van der Waals surface area contributed by atoms with E-state index in [9.17, 15) is 4.79 Å². The van der Waals surface area contributed by atoms with Gasteiger partial charge >= 0.3 is 0 Å². The van der Waals surface area contributed by atoms with E-state index in [-0.39, 0.29) is 5.91 Å². The maximum atomic E-state index is 13.0. The highest BCUT2D eigenvalue weighted by Gasteiger charge is 2.24. The number of para-hydroxylation sites is 1. The summed E-state index contributed by atoms with van der Waals surface area (Å²) in [5.74, 6) is 0.302. The van der Waals surface area contributed by atoms with Crippen LogP contribution in [0.5, 0.6) is 0 Å². The Morgan fingerprint density at radius 1 is 1.12 bits per heavy atom. The summed E-state index contributed by atoms with van der Waals surface area (Å²) in [6, 6.07) is 15.5. The van der Waals surface area contributed by atoms with Crippen LogP contribution in [0.25, 0.3) is 11.1 Å². The number of likely N-dealkylation sites (tertiary alicyclic amines) is 1. The van der Waals surface area contributed by atoms with Crippen molar-refractivity contribution in [2.24, 2.45) is 0 Å². The molecule has 2 aromatic carbocycles. The Morgan fingerprint density at radius 2 is 1.88 bits per heavy atom. The van der Waals surface area contributed by atoms with E-state index < -0.39 is 0 Å². The summed E-state index contributed by atoms with van der Waals surface area (Å²) in [5, 5.41) is 6.73. The summed E-state index contributed by atoms with van der Waals surface area (Å²) in [5.41, 5.74) is 3.24. The number of carbonyl (C=O) groups excluding carboxylic acids is 1. The smallest absolute Gasteiger partial charge is 0.275 e. The lowest BCUT2D eigenvalue weighted by atomic mass is 9.97. The third kappa shape index (κ3) is 5.77. The van der Waals surface area contributed by atoms with E-state index in [1.54, 1.807) is 11.3 Å². The number of carbonyl (C=O) groups is 1. The molecule has 0 aliphatic carbocycles. The molecule has 1 aliphatic rings. The van der Waals surface area contributed by atoms with Crippen molar-refractivity contribution in [1.29, 1.82) is 0 Å². The van der Waals surface area contributed by atoms with Crippen molar-refractivity contribution in [2.75, 3.05) is 25.0 Å². The summed E-state index contributed by atoms with van der Waals surface area (Å²) in [6.07, 6.45) is 6.12. The van der Waals surface area contributed by atoms with Crippen LogP contribution < -0.4 is 5.32 Å². The molecule has 0 saturated carbocycles. The molecule has 0 bridgehead atoms. The Kier molecular flexibility index (Phi) is 7.95. The van der Waals surface area contributed by atoms with Crippen molar-refractivity contribution in [2.45, 2.75) is 44.9 Å². The molecule has 4 rings (SSSR count). The number of nitrogens with one attached hydrogen (secondary N) is 1. The number of nitrogens with zero attached hydrogens (tertiary/aromatic N) is 2. The van der Waals surface area contributed by atoms with E-state index in [0.29, 0.717) is 16.6 Å². The molecule has 0 unspecified atom stereocenters. The molecule has 3 aromatic rings. The van der Waals surface area contributed by atoms with Crippen molar-refractivity contribution in [3.8, 4) is 11.1 Å². The number of hydrogen-bond donors (Lipinski definition) is 1. The highest BCUT2D eigenvalue weighted by atomic mass is 35.5. The maximum absolute atomic E-state index is 13.0. The Hall–Kier alpha value is -2.21. The van der Waals surface area contributed by atoms with Gasteiger partial charge in [-0.2, -0.15) is 0 Å². The number of unbranched alkanes of at least 4 members (excludes halogenated alkanes) is 2. The topological polar surface area (TPSA) is 45.2 Å². The van der Waals surface area contributed by atoms with Gasteiger partial charge in [0, 0.05) is 27.6 Å². The van der Waals surface area contributed by atoms with Crippen LogP contribution in [0.1, 0.15) is 60.4 Å². The quantitative estimate of drug-likeness (QED) is 0.360. The monoisotopic (exact) mass is 467 g/mol. The SMILES string of the molecule is CCCCCN1CCC(c2nc(C(=O)Nc3ccccc3-c3ccc(Cl)cc3)cs2)CC1. The molecule has 2 heterocycles. The first-order valence-electron chi connectivity index (χ1n) is 11.5. The molecule has 0 spiro atoms. The van der Waals surface area contributed by atoms with Crippen molar-refractivity contribution in [3.05, 3.63) is 69.6 Å². The minimum Gasteiger partial charge on any atom is -0.320 e. The van der Waals surface area contributed by atoms with Gasteiger partial charge in [-0.15, -0.1) is 11.3 Å². The molecule has 1 fully saturated rings. The van der Waals surface area contributed by atoms with E-state index in [0.717, 1.165) is 47.8 Å². The number of aromatic nitrogens is 1. The second-order valence-electron chi connectivity index (χ2n) is 8.40. The van der Waals surface area contributed by atoms with Crippen LogP contribution in [0.2, 0.25) is 5.02 Å². The van der Waals surface area contributed by atoms with Gasteiger partial charge in [0.05, 0.1) is 5.01 Å². The predicted octanol–water partition coefficient (Wildman–Crippen LogP) is 7.09. The van der Waals surface area contributed by atoms with E-state index in [2.05, 4.69) is 17.1 Å². The Labute approximate surface area is 199 Å². The average molecular weight is 468 g/mol. The lowest BCUT2D eigenvalue weighted by molar-refractivity contribution is 0.102. The minimum absolute atomic E-state index is 0.161. The van der Waals surface area contributed by atoms with E-state index >= 15 is 0 Å². The molecule has 1 saturated heterocycles. The van der Waals surface area contributed by atoms with Crippen molar-refractivity contribution in [1.82, 2.24) is 9.88 Å². The highest BCUT2D eigenvalue weighted by Crippen LogP contribution is 2.32. The van der Waals surface area contributed by atoms with Crippen molar-refractivity contribution < 1.29 is 4.79 Å². The fourth-order valence-electron chi connectivity index (χ4n) is 4.23. The Morgan fingerprint density at radius 3 is 2.62 bits per heavy atom. The number of anilines is 1. The lowest BCUT2D eigenvalue weighted by Gasteiger charge is -2.30. The third-order valence-electron chi connectivity index (χ3n) is 6.10. The fraction of sp³-hybridized carbons (Fsp3) is 0.385. The zero-order valence-corrected chi connectivity index (χ0v) is 20.1. The molecular weight excluding hydrogens is 438 g/mol. The van der Waals surface area contributed by atoms with Crippen LogP contribution in [0.3, 0.4) is 0 Å². The standard InChI is InChI=1S/C26H30ClN3OS/c1-2-3-6-15-30-16-13-20(14-17-30)26-29-24(18-32-26)25(31)28-23-8-5-4-7-22(23)19-9-11-21(27)12-10-19/h4-5,7-12,18,20H,2-3,6,13-17H2,1H3,(H,28,31). The molecule has 6 heteroatoms. The zero-order chi connectivity index (χ0) is 22.3. The van der Waals surface area contributed by atoms with Gasteiger partial charge < -0.3 is 10.2 Å². The first-order valence-corrected chi connectivity index (χ1v) is 12.7. The largest absolute Gasteiger partial charge is 0.320 e. The van der Waals surface area contributed by atoms with Crippen LogP contribution in [-0.4, -0.2) is 35.4 Å². The number of thiazole rings is 1. The van der Waals surface area contributed by atoms with Gasteiger partial charge in [0.25, 0.3) is 5.91 Å². The van der Waals surface area contributed by atoms with Crippen LogP contribution in [0, 0.1) is 0 Å². The normalized spacial score (nSPS) is 15.1. The third-order valence-corrected chi connectivity index (χ3v) is 7.36. The van der Waals surface area contributed by atoms with E-state index in [4.69, 9.17) is 16.6 Å². The summed E-state index contributed by atoms with van der Waals surface area (Å²) in [7, 11) is 0. The van der Waals surface area contributed by atoms with E-state index in [1.807, 2.05) is 53.9 Å². The fourth-order valence-corrected chi connectivity index (χ4v) is 5.33. The average Bonchev–Trinajstić information content (AvgIpc) is 3.31. The minimum atomic E-state index is -0.161. The summed E-state index contributed by atoms with van der Waals surface area (Å²) in [6.45, 7) is 5.71. The Bertz CT molecular complexity index is 1030. The van der Waals surface area contributed by atoms with Crippen molar-refractivity contribution >= 4 is 34.5 Å². The number of benzene rings is 2. The van der Waals surface area contributed by atoms with Crippen molar-refractivity contribution in [3.63, 3.8) is 0 Å². The van der Waals surface area contributed by atoms with E-state index in [1.165, 1.54) is 25.8 Å². The summed E-state index contributed by atoms with van der Waals surface area (Å²) < 4.78 is 0. The maximum Gasteiger partial charge on any atom is 0.275 e. The molecule has 1 amide bonds. The van der Waals surface area contributed by atoms with Crippen LogP contribution >= 0.6 is 22.9 Å². The number of piperidine rings is 1. The Balaban J connectivity index is 1.39. The molecule has 0 radical (unpaired) electrons. The molecule has 4 nitrogen and oxygen atoms in total. The number of halogens is 1. The van der Waals surface area contributed by atoms with Gasteiger partial charge in [0.2, 0.25) is 0 Å². The van der Waals surface area contributed by atoms with Gasteiger partial charge in [-0.25, -0.2) is 4.98 Å². The molecule has 1 aliphatic heterocycles. The van der Waals surface area contributed by atoms with Crippen LogP contribution in [0.15, 0.2) is 53.9 Å². The molecule has 1 N–H and O–H groups in total. The molecule has 168 valence electrons. The summed E-state index contributed by atoms with van der Waals surface area (Å²) in [4.78, 5) is 20.2. The first-order chi connectivity index (χ1) is 15.6. The highest BCUT2D eigenvalue weighted by molar-refractivity contribution is 7.10. The second kappa shape index (κ2) is 11.1. The number of amides is 1. The first kappa shape index (κ1) is 23.0. The zero-order valence-electron chi connectivity index (χ0n) is 18.5. The van der Waals surface area contributed by atoms with Gasteiger partial charge in [0.15, 0.2) is 0 Å². The van der Waals surface area contributed by atoms with Crippen LogP contribution in [0.4, 0.5) is 5.69 Å². The van der Waals surface area contributed by atoms with Gasteiger partial charge in [0.1, 0.15) is 5.69 Å². The van der Waals surface area contributed by atoms with Gasteiger partial charge in [-0.1, -0.05) is 61.7 Å². The lowest BCUT2D eigenvalue weighted by Crippen LogP contribution is -2.33. The molecular formula is C26H30ClN3OS. The number of rotatable bonds is 8. The predicted molar refractivity (Wildman–Crippen MR) is 135 cm³/mol.